The van der Waals surface area contributed by atoms with E-state index in [1.165, 1.54) is 6.07 Å². The maximum atomic E-state index is 11.7. The van der Waals surface area contributed by atoms with Crippen molar-refractivity contribution in [1.29, 1.82) is 0 Å². The van der Waals surface area contributed by atoms with Crippen LogP contribution in [0.5, 0.6) is 0 Å². The molecule has 0 saturated heterocycles. The minimum atomic E-state index is -1.39. The van der Waals surface area contributed by atoms with Crippen LogP contribution in [0.2, 0.25) is 0 Å². The molecule has 0 bridgehead atoms. The van der Waals surface area contributed by atoms with Crippen LogP contribution < -0.4 is 5.32 Å². The summed E-state index contributed by atoms with van der Waals surface area (Å²) in [6.07, 6.45) is -3.48. The first-order valence-electron chi connectivity index (χ1n) is 8.35. The fraction of sp³-hybridized carbons (Fsp3) is 0.316. The SMILES string of the molecule is Cc1cc(C)c([N+](=O)[O-])cc1C(O)C(O)CNC(=O)OCc1ccccc1. The number of nitrogens with zero attached hydrogens (tertiary/aromatic N) is 1. The zero-order valence-electron chi connectivity index (χ0n) is 15.1. The van der Waals surface area contributed by atoms with Crippen molar-refractivity contribution in [1.82, 2.24) is 5.32 Å². The summed E-state index contributed by atoms with van der Waals surface area (Å²) in [5.74, 6) is 0. The zero-order chi connectivity index (χ0) is 20.0. The summed E-state index contributed by atoms with van der Waals surface area (Å²) in [6, 6.07) is 11.9. The van der Waals surface area contributed by atoms with Crippen molar-refractivity contribution in [2.24, 2.45) is 0 Å². The molecule has 0 aliphatic heterocycles. The van der Waals surface area contributed by atoms with Gasteiger partial charge in [-0.1, -0.05) is 30.3 Å². The van der Waals surface area contributed by atoms with E-state index in [1.54, 1.807) is 32.0 Å². The number of nitrogens with one attached hydrogen (secondary N) is 1. The molecule has 0 spiro atoms. The Morgan fingerprint density at radius 3 is 2.48 bits per heavy atom. The van der Waals surface area contributed by atoms with Crippen LogP contribution in [0.25, 0.3) is 0 Å². The lowest BCUT2D eigenvalue weighted by Gasteiger charge is -2.20. The van der Waals surface area contributed by atoms with Crippen LogP contribution in [-0.4, -0.2) is 33.9 Å². The van der Waals surface area contributed by atoms with Gasteiger partial charge in [0.25, 0.3) is 5.69 Å². The largest absolute Gasteiger partial charge is 0.445 e. The maximum Gasteiger partial charge on any atom is 0.407 e. The highest BCUT2D eigenvalue weighted by atomic mass is 16.6. The maximum absolute atomic E-state index is 11.7. The third-order valence-electron chi connectivity index (χ3n) is 4.13. The average molecular weight is 374 g/mol. The van der Waals surface area contributed by atoms with Crippen LogP contribution in [0, 0.1) is 24.0 Å². The van der Waals surface area contributed by atoms with Crippen molar-refractivity contribution < 1.29 is 24.7 Å². The molecule has 2 aromatic rings. The summed E-state index contributed by atoms with van der Waals surface area (Å²) in [6.45, 7) is 3.09. The fourth-order valence-electron chi connectivity index (χ4n) is 2.65. The number of ether oxygens (including phenoxy) is 1. The summed E-state index contributed by atoms with van der Waals surface area (Å²) >= 11 is 0. The van der Waals surface area contributed by atoms with Crippen molar-refractivity contribution in [2.45, 2.75) is 32.7 Å². The molecule has 1 amide bonds. The number of nitro groups is 1. The molecule has 8 nitrogen and oxygen atoms in total. The number of aliphatic hydroxyl groups is 2. The summed E-state index contributed by atoms with van der Waals surface area (Å²) < 4.78 is 5.02. The van der Waals surface area contributed by atoms with Crippen LogP contribution in [0.1, 0.15) is 28.4 Å². The van der Waals surface area contributed by atoms with Crippen molar-refractivity contribution in [3.05, 3.63) is 74.8 Å². The van der Waals surface area contributed by atoms with Gasteiger partial charge in [-0.25, -0.2) is 4.79 Å². The van der Waals surface area contributed by atoms with Crippen molar-refractivity contribution in [2.75, 3.05) is 6.54 Å². The molecular formula is C19H22N2O6. The number of rotatable bonds is 7. The number of aliphatic hydroxyl groups excluding tert-OH is 2. The smallest absolute Gasteiger partial charge is 0.407 e. The first-order chi connectivity index (χ1) is 12.8. The number of hydrogen-bond acceptors (Lipinski definition) is 6. The minimum Gasteiger partial charge on any atom is -0.445 e. The number of amides is 1. The normalized spacial score (nSPS) is 12.9. The van der Waals surface area contributed by atoms with Crippen LogP contribution >= 0.6 is 0 Å². The number of benzene rings is 2. The van der Waals surface area contributed by atoms with Gasteiger partial charge in [0.1, 0.15) is 18.8 Å². The van der Waals surface area contributed by atoms with Crippen LogP contribution in [0.4, 0.5) is 10.5 Å². The molecular weight excluding hydrogens is 352 g/mol. The average Bonchev–Trinajstić information content (AvgIpc) is 2.64. The van der Waals surface area contributed by atoms with Gasteiger partial charge in [0, 0.05) is 18.2 Å². The number of aryl methyl sites for hydroxylation is 2. The van der Waals surface area contributed by atoms with Crippen LogP contribution in [-0.2, 0) is 11.3 Å². The number of alkyl carbamates (subject to hydrolysis) is 1. The van der Waals surface area contributed by atoms with Gasteiger partial charge >= 0.3 is 6.09 Å². The highest BCUT2D eigenvalue weighted by Gasteiger charge is 2.24. The molecule has 2 unspecified atom stereocenters. The molecule has 2 rings (SSSR count). The highest BCUT2D eigenvalue weighted by molar-refractivity contribution is 5.67. The van der Waals surface area contributed by atoms with Gasteiger partial charge in [-0.15, -0.1) is 0 Å². The Morgan fingerprint density at radius 1 is 1.19 bits per heavy atom. The predicted octanol–water partition coefficient (Wildman–Crippen LogP) is 2.53. The van der Waals surface area contributed by atoms with Crippen LogP contribution in [0.3, 0.4) is 0 Å². The first kappa shape index (κ1) is 20.3. The summed E-state index contributed by atoms with van der Waals surface area (Å²) in [5, 5.41) is 33.9. The Bertz CT molecular complexity index is 809. The standard InChI is InChI=1S/C19H22N2O6/c1-12-8-13(2)16(21(25)26)9-15(12)18(23)17(22)10-20-19(24)27-11-14-6-4-3-5-7-14/h3-9,17-18,22-23H,10-11H2,1-2H3,(H,20,24). The molecule has 0 aliphatic carbocycles. The minimum absolute atomic E-state index is 0.0780. The van der Waals surface area contributed by atoms with Gasteiger partial charge in [-0.3, -0.25) is 10.1 Å². The molecule has 3 N–H and O–H groups in total. The Labute approximate surface area is 156 Å². The predicted molar refractivity (Wildman–Crippen MR) is 98.2 cm³/mol. The summed E-state index contributed by atoms with van der Waals surface area (Å²) in [5.41, 5.74) is 1.98. The first-order valence-corrected chi connectivity index (χ1v) is 8.35. The lowest BCUT2D eigenvalue weighted by molar-refractivity contribution is -0.385. The number of hydrogen-bond donors (Lipinski definition) is 3. The Morgan fingerprint density at radius 2 is 1.85 bits per heavy atom. The van der Waals surface area contributed by atoms with Crippen molar-refractivity contribution in [3.63, 3.8) is 0 Å². The van der Waals surface area contributed by atoms with Gasteiger partial charge in [0.15, 0.2) is 0 Å². The van der Waals surface area contributed by atoms with E-state index in [2.05, 4.69) is 5.32 Å². The molecule has 0 aliphatic rings. The zero-order valence-corrected chi connectivity index (χ0v) is 15.1. The molecule has 0 aromatic heterocycles. The van der Waals surface area contributed by atoms with E-state index in [4.69, 9.17) is 4.74 Å². The number of carbonyl (C=O) groups is 1. The fourth-order valence-corrected chi connectivity index (χ4v) is 2.65. The van der Waals surface area contributed by atoms with Crippen molar-refractivity contribution in [3.8, 4) is 0 Å². The van der Waals surface area contributed by atoms with E-state index in [0.717, 1.165) is 5.56 Å². The van der Waals surface area contributed by atoms with E-state index in [9.17, 15) is 25.1 Å². The molecule has 2 atom stereocenters. The molecule has 0 radical (unpaired) electrons. The summed E-state index contributed by atoms with van der Waals surface area (Å²) in [7, 11) is 0. The van der Waals surface area contributed by atoms with Gasteiger partial charge in [-0.05, 0) is 36.6 Å². The van der Waals surface area contributed by atoms with Gasteiger partial charge in [-0.2, -0.15) is 0 Å². The second kappa shape index (κ2) is 9.11. The second-order valence-electron chi connectivity index (χ2n) is 6.21. The summed E-state index contributed by atoms with van der Waals surface area (Å²) in [4.78, 5) is 22.2. The number of carbonyl (C=O) groups excluding carboxylic acids is 1. The Kier molecular flexibility index (Phi) is 6.86. The van der Waals surface area contributed by atoms with Gasteiger partial charge < -0.3 is 20.3 Å². The van der Waals surface area contributed by atoms with E-state index < -0.39 is 23.2 Å². The molecule has 2 aromatic carbocycles. The number of nitro benzene ring substituents is 1. The monoisotopic (exact) mass is 374 g/mol. The molecule has 0 saturated carbocycles. The third-order valence-corrected chi connectivity index (χ3v) is 4.13. The molecule has 0 heterocycles. The third kappa shape index (κ3) is 5.50. The molecule has 8 heteroatoms. The van der Waals surface area contributed by atoms with E-state index in [1.807, 2.05) is 18.2 Å². The van der Waals surface area contributed by atoms with Crippen LogP contribution in [0.15, 0.2) is 42.5 Å². The Balaban J connectivity index is 1.93. The lowest BCUT2D eigenvalue weighted by Crippen LogP contribution is -2.36. The Hall–Kier alpha value is -2.97. The van der Waals surface area contributed by atoms with Gasteiger partial charge in [0.2, 0.25) is 0 Å². The lowest BCUT2D eigenvalue weighted by atomic mass is 9.96. The second-order valence-corrected chi connectivity index (χ2v) is 6.21. The molecule has 144 valence electrons. The van der Waals surface area contributed by atoms with Gasteiger partial charge in [0.05, 0.1) is 4.92 Å². The quantitative estimate of drug-likeness (QED) is 0.506. The van der Waals surface area contributed by atoms with E-state index >= 15 is 0 Å². The topological polar surface area (TPSA) is 122 Å². The van der Waals surface area contributed by atoms with Crippen molar-refractivity contribution >= 4 is 11.8 Å². The van der Waals surface area contributed by atoms with E-state index in [-0.39, 0.29) is 24.4 Å². The molecule has 27 heavy (non-hydrogen) atoms. The van der Waals surface area contributed by atoms with E-state index in [0.29, 0.717) is 11.1 Å². The molecule has 0 fully saturated rings. The highest BCUT2D eigenvalue weighted by Crippen LogP contribution is 2.28.